The van der Waals surface area contributed by atoms with Crippen molar-refractivity contribution in [3.05, 3.63) is 0 Å². The summed E-state index contributed by atoms with van der Waals surface area (Å²) in [5, 5.41) is 0. The topological polar surface area (TPSA) is 46.6 Å². The van der Waals surface area contributed by atoms with E-state index in [-0.39, 0.29) is 18.1 Å². The Balaban J connectivity index is 2.57. The van der Waals surface area contributed by atoms with Crippen LogP contribution in [0.1, 0.15) is 26.7 Å². The molecule has 0 bridgehead atoms. The number of hydrogen-bond donors (Lipinski definition) is 0. The van der Waals surface area contributed by atoms with Gasteiger partial charge in [-0.25, -0.2) is 0 Å². The van der Waals surface area contributed by atoms with Gasteiger partial charge in [0.2, 0.25) is 5.91 Å². The number of amides is 1. The van der Waals surface area contributed by atoms with Gasteiger partial charge in [-0.1, -0.05) is 13.8 Å². The van der Waals surface area contributed by atoms with Crippen molar-refractivity contribution in [2.75, 3.05) is 6.54 Å². The maximum absolute atomic E-state index is 11.6. The molecule has 1 saturated heterocycles. The molecule has 74 valence electrons. The van der Waals surface area contributed by atoms with Crippen molar-refractivity contribution in [3.8, 4) is 0 Å². The molecule has 0 aliphatic carbocycles. The molecule has 1 amide bonds. The summed E-state index contributed by atoms with van der Waals surface area (Å²) in [6.07, 6.45) is 1.35. The smallest absolute Gasteiger partial charge is 0.295 e. The van der Waals surface area contributed by atoms with Gasteiger partial charge in [0.15, 0.2) is 6.23 Å². The molecule has 0 saturated carbocycles. The van der Waals surface area contributed by atoms with Gasteiger partial charge in [-0.15, -0.1) is 0 Å². The molecule has 1 aliphatic heterocycles. The van der Waals surface area contributed by atoms with Crippen molar-refractivity contribution >= 4 is 12.4 Å². The monoisotopic (exact) mass is 185 g/mol. The van der Waals surface area contributed by atoms with Crippen molar-refractivity contribution in [2.45, 2.75) is 32.9 Å². The molecule has 13 heavy (non-hydrogen) atoms. The van der Waals surface area contributed by atoms with Crippen LogP contribution in [-0.4, -0.2) is 30.1 Å². The van der Waals surface area contributed by atoms with Gasteiger partial charge in [-0.3, -0.25) is 9.59 Å². The van der Waals surface area contributed by atoms with E-state index in [0.29, 0.717) is 13.0 Å². The average Bonchev–Trinajstić information content (AvgIpc) is 2.52. The van der Waals surface area contributed by atoms with Crippen LogP contribution < -0.4 is 0 Å². The lowest BCUT2D eigenvalue weighted by molar-refractivity contribution is -0.152. The molecule has 0 aromatic heterocycles. The van der Waals surface area contributed by atoms with Gasteiger partial charge in [-0.05, 0) is 6.42 Å². The fourth-order valence-corrected chi connectivity index (χ4v) is 1.53. The fraction of sp³-hybridized carbons (Fsp3) is 0.778. The third-order valence-electron chi connectivity index (χ3n) is 2.19. The predicted octanol–water partition coefficient (Wildman–Crippen LogP) is 0.764. The van der Waals surface area contributed by atoms with Gasteiger partial charge in [0, 0.05) is 18.9 Å². The number of carbonyl (C=O) groups is 2. The summed E-state index contributed by atoms with van der Waals surface area (Å²) in [4.78, 5) is 23.3. The molecule has 4 heteroatoms. The standard InChI is InChI=1S/C9H15NO3/c1-7(2)9(12)10-5-3-4-8(10)13-6-11/h6-8H,3-5H2,1-2H3. The second-order valence-electron chi connectivity index (χ2n) is 3.52. The van der Waals surface area contributed by atoms with Crippen molar-refractivity contribution in [1.29, 1.82) is 0 Å². The summed E-state index contributed by atoms with van der Waals surface area (Å²) >= 11 is 0. The molecule has 0 radical (unpaired) electrons. The minimum absolute atomic E-state index is 0.0316. The molecule has 4 nitrogen and oxygen atoms in total. The number of rotatable bonds is 3. The Bertz CT molecular complexity index is 203. The van der Waals surface area contributed by atoms with E-state index in [1.807, 2.05) is 13.8 Å². The second kappa shape index (κ2) is 4.25. The Morgan fingerprint density at radius 3 is 2.85 bits per heavy atom. The van der Waals surface area contributed by atoms with Crippen LogP contribution in [0.3, 0.4) is 0 Å². The zero-order valence-corrected chi connectivity index (χ0v) is 8.03. The van der Waals surface area contributed by atoms with Gasteiger partial charge in [0.05, 0.1) is 0 Å². The summed E-state index contributed by atoms with van der Waals surface area (Å²) in [5.74, 6) is 0.0280. The highest BCUT2D eigenvalue weighted by Gasteiger charge is 2.30. The van der Waals surface area contributed by atoms with Crippen LogP contribution in [0, 0.1) is 5.92 Å². The summed E-state index contributed by atoms with van der Waals surface area (Å²) < 4.78 is 4.81. The van der Waals surface area contributed by atoms with Crippen molar-refractivity contribution in [2.24, 2.45) is 5.92 Å². The Kier molecular flexibility index (Phi) is 3.28. The molecule has 1 heterocycles. The Labute approximate surface area is 77.8 Å². The molecule has 0 N–H and O–H groups in total. The van der Waals surface area contributed by atoms with Crippen molar-refractivity contribution < 1.29 is 14.3 Å². The van der Waals surface area contributed by atoms with Gasteiger partial charge in [0.1, 0.15) is 0 Å². The number of ether oxygens (including phenoxy) is 1. The van der Waals surface area contributed by atoms with E-state index >= 15 is 0 Å². The molecule has 1 aliphatic rings. The summed E-state index contributed by atoms with van der Waals surface area (Å²) in [6, 6.07) is 0. The SMILES string of the molecule is CC(C)C(=O)N1CCCC1OC=O. The van der Waals surface area contributed by atoms with E-state index in [1.165, 1.54) is 0 Å². The van der Waals surface area contributed by atoms with E-state index in [9.17, 15) is 9.59 Å². The van der Waals surface area contributed by atoms with E-state index < -0.39 is 0 Å². The molecular formula is C9H15NO3. The second-order valence-corrected chi connectivity index (χ2v) is 3.52. The minimum atomic E-state index is -0.326. The lowest BCUT2D eigenvalue weighted by atomic mass is 10.2. The maximum Gasteiger partial charge on any atom is 0.295 e. The highest BCUT2D eigenvalue weighted by molar-refractivity contribution is 5.78. The van der Waals surface area contributed by atoms with Crippen LogP contribution in [-0.2, 0) is 14.3 Å². The predicted molar refractivity (Wildman–Crippen MR) is 46.7 cm³/mol. The molecule has 0 aromatic rings. The van der Waals surface area contributed by atoms with Crippen LogP contribution in [0.5, 0.6) is 0 Å². The Morgan fingerprint density at radius 1 is 1.62 bits per heavy atom. The number of nitrogens with zero attached hydrogens (tertiary/aromatic N) is 1. The zero-order chi connectivity index (χ0) is 9.84. The lowest BCUT2D eigenvalue weighted by Gasteiger charge is -2.24. The highest BCUT2D eigenvalue weighted by atomic mass is 16.5. The molecule has 1 fully saturated rings. The third-order valence-corrected chi connectivity index (χ3v) is 2.19. The van der Waals surface area contributed by atoms with Crippen molar-refractivity contribution in [3.63, 3.8) is 0 Å². The minimum Gasteiger partial charge on any atom is -0.444 e. The van der Waals surface area contributed by atoms with Crippen LogP contribution >= 0.6 is 0 Å². The van der Waals surface area contributed by atoms with Crippen molar-refractivity contribution in [1.82, 2.24) is 4.90 Å². The summed E-state index contributed by atoms with van der Waals surface area (Å²) in [5.41, 5.74) is 0. The average molecular weight is 185 g/mol. The van der Waals surface area contributed by atoms with E-state index in [4.69, 9.17) is 4.74 Å². The Morgan fingerprint density at radius 2 is 2.31 bits per heavy atom. The number of likely N-dealkylation sites (tertiary alicyclic amines) is 1. The van der Waals surface area contributed by atoms with Crippen LogP contribution in [0.4, 0.5) is 0 Å². The van der Waals surface area contributed by atoms with Gasteiger partial charge in [0.25, 0.3) is 6.47 Å². The van der Waals surface area contributed by atoms with E-state index in [1.54, 1.807) is 4.90 Å². The highest BCUT2D eigenvalue weighted by Crippen LogP contribution is 2.19. The lowest BCUT2D eigenvalue weighted by Crippen LogP contribution is -2.39. The molecule has 1 rings (SSSR count). The maximum atomic E-state index is 11.6. The first-order valence-electron chi connectivity index (χ1n) is 4.56. The Hall–Kier alpha value is -1.06. The number of carbonyl (C=O) groups excluding carboxylic acids is 2. The zero-order valence-electron chi connectivity index (χ0n) is 8.03. The van der Waals surface area contributed by atoms with E-state index in [0.717, 1.165) is 12.8 Å². The number of hydrogen-bond acceptors (Lipinski definition) is 3. The first-order valence-corrected chi connectivity index (χ1v) is 4.56. The normalized spacial score (nSPS) is 22.1. The van der Waals surface area contributed by atoms with Gasteiger partial charge < -0.3 is 9.64 Å². The molecule has 1 atom stereocenters. The van der Waals surface area contributed by atoms with Crippen LogP contribution in [0.15, 0.2) is 0 Å². The quantitative estimate of drug-likeness (QED) is 0.610. The molecule has 0 aromatic carbocycles. The summed E-state index contributed by atoms with van der Waals surface area (Å²) in [6.45, 7) is 4.81. The van der Waals surface area contributed by atoms with Crippen LogP contribution in [0.2, 0.25) is 0 Å². The first kappa shape index (κ1) is 10.0. The largest absolute Gasteiger partial charge is 0.444 e. The molecule has 0 spiro atoms. The van der Waals surface area contributed by atoms with E-state index in [2.05, 4.69) is 0 Å². The molecule has 1 unspecified atom stereocenters. The summed E-state index contributed by atoms with van der Waals surface area (Å²) in [7, 11) is 0. The molecular weight excluding hydrogens is 170 g/mol. The van der Waals surface area contributed by atoms with Crippen LogP contribution in [0.25, 0.3) is 0 Å². The van der Waals surface area contributed by atoms with Gasteiger partial charge in [-0.2, -0.15) is 0 Å². The fourth-order valence-electron chi connectivity index (χ4n) is 1.53. The third kappa shape index (κ3) is 2.20. The van der Waals surface area contributed by atoms with Gasteiger partial charge >= 0.3 is 0 Å². The first-order chi connectivity index (χ1) is 6.16.